The Morgan fingerprint density at radius 1 is 1.29 bits per heavy atom. The Bertz CT molecular complexity index is 489. The van der Waals surface area contributed by atoms with E-state index in [1.165, 1.54) is 7.11 Å². The van der Waals surface area contributed by atoms with E-state index in [9.17, 15) is 4.79 Å². The summed E-state index contributed by atoms with van der Waals surface area (Å²) in [5, 5.41) is 0. The number of nitrogens with zero attached hydrogens (tertiary/aromatic N) is 1. The van der Waals surface area contributed by atoms with E-state index in [1.807, 2.05) is 18.2 Å². The van der Waals surface area contributed by atoms with Crippen molar-refractivity contribution in [2.24, 2.45) is 0 Å². The highest BCUT2D eigenvalue weighted by molar-refractivity contribution is 5.69. The smallest absolute Gasteiger partial charge is 0.306 e. The average molecular weight is 293 g/mol. The fourth-order valence-electron chi connectivity index (χ4n) is 2.88. The maximum Gasteiger partial charge on any atom is 0.306 e. The summed E-state index contributed by atoms with van der Waals surface area (Å²) in [5.41, 5.74) is 1.12. The Morgan fingerprint density at radius 2 is 2.10 bits per heavy atom. The van der Waals surface area contributed by atoms with E-state index in [4.69, 9.17) is 14.2 Å². The molecule has 116 valence electrons. The molecule has 1 atom stereocenters. The number of methoxy groups -OCH3 is 3. The predicted octanol–water partition coefficient (Wildman–Crippen LogP) is 2.40. The molecular weight excluding hydrogens is 270 g/mol. The van der Waals surface area contributed by atoms with Gasteiger partial charge in [-0.3, -0.25) is 9.69 Å². The molecule has 1 aromatic carbocycles. The molecule has 5 heteroatoms. The van der Waals surface area contributed by atoms with E-state index in [2.05, 4.69) is 4.90 Å². The molecule has 0 unspecified atom stereocenters. The molecule has 1 saturated heterocycles. The van der Waals surface area contributed by atoms with E-state index < -0.39 is 0 Å². The number of hydrogen-bond donors (Lipinski definition) is 0. The van der Waals surface area contributed by atoms with Crippen molar-refractivity contribution in [2.75, 3.05) is 34.4 Å². The van der Waals surface area contributed by atoms with Gasteiger partial charge in [0.2, 0.25) is 0 Å². The molecule has 0 bridgehead atoms. The summed E-state index contributed by atoms with van der Waals surface area (Å²) in [7, 11) is 4.77. The van der Waals surface area contributed by atoms with Gasteiger partial charge in [-0.15, -0.1) is 0 Å². The van der Waals surface area contributed by atoms with Crippen molar-refractivity contribution in [3.8, 4) is 11.5 Å². The lowest BCUT2D eigenvalue weighted by atomic mass is 10.0. The van der Waals surface area contributed by atoms with E-state index >= 15 is 0 Å². The van der Waals surface area contributed by atoms with Crippen LogP contribution in [0.1, 0.15) is 30.9 Å². The van der Waals surface area contributed by atoms with Gasteiger partial charge in [0.25, 0.3) is 0 Å². The van der Waals surface area contributed by atoms with Crippen LogP contribution in [0.3, 0.4) is 0 Å². The second-order valence-electron chi connectivity index (χ2n) is 5.13. The summed E-state index contributed by atoms with van der Waals surface area (Å²) in [6.45, 7) is 1.69. The molecule has 1 aromatic rings. The van der Waals surface area contributed by atoms with E-state index in [0.717, 1.165) is 36.4 Å². The summed E-state index contributed by atoms with van der Waals surface area (Å²) in [4.78, 5) is 13.7. The third-order valence-corrected chi connectivity index (χ3v) is 3.99. The Kier molecular flexibility index (Phi) is 5.44. The normalized spacial score (nSPS) is 18.5. The molecule has 2 rings (SSSR count). The van der Waals surface area contributed by atoms with Gasteiger partial charge in [0.05, 0.1) is 27.8 Å². The minimum absolute atomic E-state index is 0.168. The number of carbonyl (C=O) groups excluding carboxylic acids is 1. The summed E-state index contributed by atoms with van der Waals surface area (Å²) in [6, 6.07) is 6.13. The molecule has 1 aliphatic heterocycles. The van der Waals surface area contributed by atoms with Crippen LogP contribution in [0.25, 0.3) is 0 Å². The highest BCUT2D eigenvalue weighted by atomic mass is 16.5. The number of ether oxygens (including phenoxy) is 3. The Balaban J connectivity index is 2.16. The van der Waals surface area contributed by atoms with Gasteiger partial charge in [0.1, 0.15) is 11.5 Å². The largest absolute Gasteiger partial charge is 0.497 e. The zero-order valence-corrected chi connectivity index (χ0v) is 12.9. The maximum absolute atomic E-state index is 11.3. The molecule has 0 spiro atoms. The van der Waals surface area contributed by atoms with Crippen molar-refractivity contribution in [3.05, 3.63) is 23.8 Å². The molecule has 5 nitrogen and oxygen atoms in total. The van der Waals surface area contributed by atoms with Crippen LogP contribution in [0.5, 0.6) is 11.5 Å². The van der Waals surface area contributed by atoms with Crippen molar-refractivity contribution in [1.82, 2.24) is 4.90 Å². The molecule has 21 heavy (non-hydrogen) atoms. The summed E-state index contributed by atoms with van der Waals surface area (Å²) in [6.07, 6.45) is 2.59. The number of benzene rings is 1. The van der Waals surface area contributed by atoms with Crippen molar-refractivity contribution in [2.45, 2.75) is 25.3 Å². The number of hydrogen-bond acceptors (Lipinski definition) is 5. The van der Waals surface area contributed by atoms with Crippen LogP contribution in [0.15, 0.2) is 18.2 Å². The van der Waals surface area contributed by atoms with Crippen molar-refractivity contribution < 1.29 is 19.0 Å². The minimum Gasteiger partial charge on any atom is -0.497 e. The first-order valence-corrected chi connectivity index (χ1v) is 7.22. The molecule has 1 fully saturated rings. The average Bonchev–Trinajstić information content (AvgIpc) is 3.00. The van der Waals surface area contributed by atoms with Gasteiger partial charge in [-0.25, -0.2) is 0 Å². The zero-order chi connectivity index (χ0) is 15.2. The maximum atomic E-state index is 11.3. The number of esters is 1. The third kappa shape index (κ3) is 3.67. The van der Waals surface area contributed by atoms with Gasteiger partial charge in [-0.05, 0) is 37.6 Å². The first kappa shape index (κ1) is 15.6. The molecule has 0 N–H and O–H groups in total. The van der Waals surface area contributed by atoms with Crippen LogP contribution in [0.4, 0.5) is 0 Å². The van der Waals surface area contributed by atoms with Crippen LogP contribution in [-0.2, 0) is 9.53 Å². The highest BCUT2D eigenvalue weighted by Crippen LogP contribution is 2.38. The van der Waals surface area contributed by atoms with Crippen LogP contribution in [-0.4, -0.2) is 45.3 Å². The fraction of sp³-hybridized carbons (Fsp3) is 0.562. The van der Waals surface area contributed by atoms with Crippen LogP contribution in [0.2, 0.25) is 0 Å². The Labute approximate surface area is 125 Å². The van der Waals surface area contributed by atoms with Gasteiger partial charge in [-0.2, -0.15) is 0 Å². The molecule has 0 amide bonds. The number of rotatable bonds is 6. The monoisotopic (exact) mass is 293 g/mol. The van der Waals surface area contributed by atoms with Gasteiger partial charge < -0.3 is 14.2 Å². The standard InChI is InChI=1S/C16H23NO4/c1-19-12-6-7-15(20-2)13(11-12)14-5-4-9-17(14)10-8-16(18)21-3/h6-7,11,14H,4-5,8-10H2,1-3H3/t14-/m1/s1. The lowest BCUT2D eigenvalue weighted by Crippen LogP contribution is -2.26. The highest BCUT2D eigenvalue weighted by Gasteiger charge is 2.28. The van der Waals surface area contributed by atoms with Gasteiger partial charge >= 0.3 is 5.97 Å². The lowest BCUT2D eigenvalue weighted by Gasteiger charge is -2.26. The van der Waals surface area contributed by atoms with Crippen LogP contribution in [0, 0.1) is 0 Å². The minimum atomic E-state index is -0.168. The SMILES string of the molecule is COC(=O)CCN1CCC[C@@H]1c1cc(OC)ccc1OC. The molecule has 0 radical (unpaired) electrons. The van der Waals surface area contributed by atoms with Gasteiger partial charge in [0, 0.05) is 18.2 Å². The van der Waals surface area contributed by atoms with Gasteiger partial charge in [-0.1, -0.05) is 0 Å². The van der Waals surface area contributed by atoms with E-state index in [1.54, 1.807) is 14.2 Å². The number of carbonyl (C=O) groups is 1. The fourth-order valence-corrected chi connectivity index (χ4v) is 2.88. The molecule has 1 aliphatic rings. The van der Waals surface area contributed by atoms with E-state index in [0.29, 0.717) is 13.0 Å². The Hall–Kier alpha value is -1.75. The van der Waals surface area contributed by atoms with E-state index in [-0.39, 0.29) is 12.0 Å². The van der Waals surface area contributed by atoms with Crippen molar-refractivity contribution >= 4 is 5.97 Å². The number of likely N-dealkylation sites (tertiary alicyclic amines) is 1. The molecular formula is C16H23NO4. The quantitative estimate of drug-likeness (QED) is 0.754. The summed E-state index contributed by atoms with van der Waals surface area (Å²) >= 11 is 0. The lowest BCUT2D eigenvalue weighted by molar-refractivity contribution is -0.141. The first-order chi connectivity index (χ1) is 10.2. The third-order valence-electron chi connectivity index (χ3n) is 3.99. The second-order valence-corrected chi connectivity index (χ2v) is 5.13. The second kappa shape index (κ2) is 7.31. The van der Waals surface area contributed by atoms with Crippen LogP contribution >= 0.6 is 0 Å². The zero-order valence-electron chi connectivity index (χ0n) is 12.9. The summed E-state index contributed by atoms with van der Waals surface area (Å²) < 4.78 is 15.5. The van der Waals surface area contributed by atoms with Crippen LogP contribution < -0.4 is 9.47 Å². The van der Waals surface area contributed by atoms with Crippen molar-refractivity contribution in [3.63, 3.8) is 0 Å². The first-order valence-electron chi connectivity index (χ1n) is 7.22. The molecule has 0 aliphatic carbocycles. The molecule has 1 heterocycles. The topological polar surface area (TPSA) is 48.0 Å². The Morgan fingerprint density at radius 3 is 2.76 bits per heavy atom. The summed E-state index contributed by atoms with van der Waals surface area (Å²) in [5.74, 6) is 1.52. The predicted molar refractivity (Wildman–Crippen MR) is 79.7 cm³/mol. The molecule has 0 aromatic heterocycles. The van der Waals surface area contributed by atoms with Gasteiger partial charge in [0.15, 0.2) is 0 Å². The van der Waals surface area contributed by atoms with Crippen molar-refractivity contribution in [1.29, 1.82) is 0 Å². The molecule has 0 saturated carbocycles.